The van der Waals surface area contributed by atoms with Crippen LogP contribution in [0.25, 0.3) is 0 Å². The summed E-state index contributed by atoms with van der Waals surface area (Å²) in [5.41, 5.74) is 7.47. The van der Waals surface area contributed by atoms with Crippen LogP contribution in [0.1, 0.15) is 0 Å². The van der Waals surface area contributed by atoms with E-state index in [0.29, 0.717) is 22.8 Å². The van der Waals surface area contributed by atoms with E-state index in [1.54, 1.807) is 7.11 Å². The van der Waals surface area contributed by atoms with E-state index in [-0.39, 0.29) is 5.82 Å². The first kappa shape index (κ1) is 12.7. The van der Waals surface area contributed by atoms with Crippen LogP contribution in [0.2, 0.25) is 0 Å². The number of hydrogen-bond acceptors (Lipinski definition) is 3. The largest absolute Gasteiger partial charge is 0.495 e. The molecular formula is C13H12BrFN2O. The number of nitrogens with one attached hydrogen (secondary N) is 1. The zero-order chi connectivity index (χ0) is 13.1. The first-order chi connectivity index (χ1) is 8.60. The second-order valence-electron chi connectivity index (χ2n) is 3.70. The van der Waals surface area contributed by atoms with E-state index in [1.807, 2.05) is 18.2 Å². The summed E-state index contributed by atoms with van der Waals surface area (Å²) < 4.78 is 19.3. The van der Waals surface area contributed by atoms with E-state index in [4.69, 9.17) is 10.5 Å². The van der Waals surface area contributed by atoms with E-state index in [1.165, 1.54) is 18.2 Å². The Morgan fingerprint density at radius 1 is 1.17 bits per heavy atom. The molecule has 0 saturated heterocycles. The highest BCUT2D eigenvalue weighted by Crippen LogP contribution is 2.32. The second-order valence-corrected chi connectivity index (χ2v) is 4.62. The molecule has 2 aromatic rings. The molecule has 0 aliphatic rings. The van der Waals surface area contributed by atoms with Crippen LogP contribution < -0.4 is 15.8 Å². The number of rotatable bonds is 3. The summed E-state index contributed by atoms with van der Waals surface area (Å²) in [7, 11) is 1.57. The van der Waals surface area contributed by atoms with Gasteiger partial charge in [-0.05, 0) is 36.4 Å². The Labute approximate surface area is 113 Å². The second kappa shape index (κ2) is 5.27. The third-order valence-corrected chi connectivity index (χ3v) is 2.94. The van der Waals surface area contributed by atoms with Crippen molar-refractivity contribution in [1.82, 2.24) is 0 Å². The van der Waals surface area contributed by atoms with Crippen LogP contribution in [0.4, 0.5) is 21.5 Å². The molecule has 0 aromatic heterocycles. The Balaban J connectivity index is 2.38. The normalized spacial score (nSPS) is 10.2. The molecule has 18 heavy (non-hydrogen) atoms. The lowest BCUT2D eigenvalue weighted by Gasteiger charge is -2.13. The predicted octanol–water partition coefficient (Wildman–Crippen LogP) is 3.92. The average molecular weight is 311 g/mol. The summed E-state index contributed by atoms with van der Waals surface area (Å²) in [6.45, 7) is 0. The van der Waals surface area contributed by atoms with Gasteiger partial charge < -0.3 is 15.8 Å². The smallest absolute Gasteiger partial charge is 0.142 e. The summed E-state index contributed by atoms with van der Waals surface area (Å²) in [5, 5.41) is 3.05. The van der Waals surface area contributed by atoms with Crippen molar-refractivity contribution in [3.8, 4) is 5.75 Å². The lowest BCUT2D eigenvalue weighted by atomic mass is 10.2. The minimum atomic E-state index is -0.347. The molecule has 0 amide bonds. The number of anilines is 3. The molecule has 94 valence electrons. The molecule has 5 heteroatoms. The number of halogens is 2. The maximum Gasteiger partial charge on any atom is 0.142 e. The first-order valence-corrected chi connectivity index (χ1v) is 6.05. The van der Waals surface area contributed by atoms with Gasteiger partial charge in [-0.15, -0.1) is 0 Å². The van der Waals surface area contributed by atoms with Crippen LogP contribution >= 0.6 is 15.9 Å². The van der Waals surface area contributed by atoms with Crippen LogP contribution in [-0.2, 0) is 0 Å². The number of hydrogen-bond donors (Lipinski definition) is 2. The molecule has 2 aromatic carbocycles. The lowest BCUT2D eigenvalue weighted by molar-refractivity contribution is 0.417. The van der Waals surface area contributed by atoms with Gasteiger partial charge in [-0.3, -0.25) is 0 Å². The van der Waals surface area contributed by atoms with E-state index in [0.717, 1.165) is 4.47 Å². The standard InChI is InChI=1S/C13H12BrFN2O/c1-18-13-5-2-8(14)6-12(13)17-11-7-9(15)3-4-10(11)16/h2-7,17H,16H2,1H3. The monoisotopic (exact) mass is 310 g/mol. The van der Waals surface area contributed by atoms with Crippen molar-refractivity contribution in [2.75, 3.05) is 18.2 Å². The summed E-state index contributed by atoms with van der Waals surface area (Å²) in [5.74, 6) is 0.308. The molecule has 0 radical (unpaired) electrons. The Morgan fingerprint density at radius 3 is 2.67 bits per heavy atom. The Morgan fingerprint density at radius 2 is 1.94 bits per heavy atom. The van der Waals surface area contributed by atoms with Gasteiger partial charge >= 0.3 is 0 Å². The van der Waals surface area contributed by atoms with Gasteiger partial charge in [-0.25, -0.2) is 4.39 Å². The van der Waals surface area contributed by atoms with Crippen LogP contribution in [-0.4, -0.2) is 7.11 Å². The van der Waals surface area contributed by atoms with E-state index in [9.17, 15) is 4.39 Å². The van der Waals surface area contributed by atoms with Gasteiger partial charge in [0.1, 0.15) is 11.6 Å². The minimum absolute atomic E-state index is 0.347. The molecule has 0 aliphatic heterocycles. The van der Waals surface area contributed by atoms with Gasteiger partial charge in [0.2, 0.25) is 0 Å². The number of nitrogen functional groups attached to an aromatic ring is 1. The summed E-state index contributed by atoms with van der Waals surface area (Å²) in [6.07, 6.45) is 0. The molecule has 3 nitrogen and oxygen atoms in total. The van der Waals surface area contributed by atoms with Crippen LogP contribution in [0, 0.1) is 5.82 Å². The highest BCUT2D eigenvalue weighted by atomic mass is 79.9. The summed E-state index contributed by atoms with van der Waals surface area (Å²) >= 11 is 3.37. The van der Waals surface area contributed by atoms with Gasteiger partial charge in [0, 0.05) is 4.47 Å². The van der Waals surface area contributed by atoms with Crippen LogP contribution in [0.3, 0.4) is 0 Å². The number of benzene rings is 2. The minimum Gasteiger partial charge on any atom is -0.495 e. The third kappa shape index (κ3) is 2.73. The molecular weight excluding hydrogens is 299 g/mol. The van der Waals surface area contributed by atoms with Crippen molar-refractivity contribution >= 4 is 33.0 Å². The molecule has 0 bridgehead atoms. The van der Waals surface area contributed by atoms with Crippen molar-refractivity contribution in [2.24, 2.45) is 0 Å². The fourth-order valence-corrected chi connectivity index (χ4v) is 1.92. The maximum atomic E-state index is 13.2. The first-order valence-electron chi connectivity index (χ1n) is 5.26. The number of methoxy groups -OCH3 is 1. The van der Waals surface area contributed by atoms with E-state index in [2.05, 4.69) is 21.2 Å². The fraction of sp³-hybridized carbons (Fsp3) is 0.0769. The van der Waals surface area contributed by atoms with Crippen molar-refractivity contribution < 1.29 is 9.13 Å². The van der Waals surface area contributed by atoms with E-state index < -0.39 is 0 Å². The Kier molecular flexibility index (Phi) is 3.72. The van der Waals surface area contributed by atoms with Gasteiger partial charge in [-0.1, -0.05) is 15.9 Å². The van der Waals surface area contributed by atoms with Crippen LogP contribution in [0.15, 0.2) is 40.9 Å². The van der Waals surface area contributed by atoms with Crippen molar-refractivity contribution in [1.29, 1.82) is 0 Å². The number of nitrogens with two attached hydrogens (primary N) is 1. The molecule has 0 saturated carbocycles. The average Bonchev–Trinajstić information content (AvgIpc) is 2.34. The van der Waals surface area contributed by atoms with Gasteiger partial charge in [-0.2, -0.15) is 0 Å². The topological polar surface area (TPSA) is 47.3 Å². The van der Waals surface area contributed by atoms with Crippen molar-refractivity contribution in [3.63, 3.8) is 0 Å². The molecule has 0 heterocycles. The molecule has 0 aliphatic carbocycles. The Hall–Kier alpha value is -1.75. The van der Waals surface area contributed by atoms with Gasteiger partial charge in [0.15, 0.2) is 0 Å². The maximum absolute atomic E-state index is 13.2. The predicted molar refractivity (Wildman–Crippen MR) is 74.8 cm³/mol. The van der Waals surface area contributed by atoms with E-state index >= 15 is 0 Å². The molecule has 0 spiro atoms. The third-order valence-electron chi connectivity index (χ3n) is 2.45. The highest BCUT2D eigenvalue weighted by molar-refractivity contribution is 9.10. The zero-order valence-electron chi connectivity index (χ0n) is 9.71. The highest BCUT2D eigenvalue weighted by Gasteiger charge is 2.07. The summed E-state index contributed by atoms with van der Waals surface area (Å²) in [6, 6.07) is 9.68. The van der Waals surface area contributed by atoms with Gasteiger partial charge in [0.25, 0.3) is 0 Å². The molecule has 3 N–H and O–H groups in total. The summed E-state index contributed by atoms with van der Waals surface area (Å²) in [4.78, 5) is 0. The van der Waals surface area contributed by atoms with Crippen molar-refractivity contribution in [2.45, 2.75) is 0 Å². The van der Waals surface area contributed by atoms with Crippen LogP contribution in [0.5, 0.6) is 5.75 Å². The fourth-order valence-electron chi connectivity index (χ4n) is 1.56. The lowest BCUT2D eigenvalue weighted by Crippen LogP contribution is -1.99. The van der Waals surface area contributed by atoms with Crippen molar-refractivity contribution in [3.05, 3.63) is 46.7 Å². The quantitative estimate of drug-likeness (QED) is 0.845. The Bertz CT molecular complexity index is 575. The number of ether oxygens (including phenoxy) is 1. The van der Waals surface area contributed by atoms with Gasteiger partial charge in [0.05, 0.1) is 24.2 Å². The molecule has 0 atom stereocenters. The molecule has 0 fully saturated rings. The molecule has 2 rings (SSSR count). The zero-order valence-corrected chi connectivity index (χ0v) is 11.3. The molecule has 0 unspecified atom stereocenters. The SMILES string of the molecule is COc1ccc(Br)cc1Nc1cc(F)ccc1N.